The average Bonchev–Trinajstić information content (AvgIpc) is 2.56. The lowest BCUT2D eigenvalue weighted by Gasteiger charge is -2.05. The molecule has 0 heterocycles. The van der Waals surface area contributed by atoms with Crippen LogP contribution in [-0.2, 0) is 6.42 Å². The molecule has 0 saturated heterocycles. The Balaban J connectivity index is 1.51. The van der Waals surface area contributed by atoms with Crippen molar-refractivity contribution in [1.82, 2.24) is 0 Å². The molecule has 0 nitrogen and oxygen atoms in total. The highest BCUT2D eigenvalue weighted by Gasteiger charge is 1.98. The molecule has 125 valence electrons. The predicted octanol–water partition coefficient (Wildman–Crippen LogP) is 7.35. The fourth-order valence-corrected chi connectivity index (χ4v) is 3.24. The highest BCUT2D eigenvalue weighted by Crippen LogP contribution is 2.17. The largest absolute Gasteiger partial charge is 0.0628 e. The van der Waals surface area contributed by atoms with Crippen LogP contribution in [-0.4, -0.2) is 0 Å². The Morgan fingerprint density at radius 2 is 1.39 bits per heavy atom. The molecule has 2 rings (SSSR count). The molecule has 1 radical (unpaired) electrons. The van der Waals surface area contributed by atoms with Gasteiger partial charge < -0.3 is 0 Å². The zero-order valence-electron chi connectivity index (χ0n) is 15.1. The molecule has 0 N–H and O–H groups in total. The van der Waals surface area contributed by atoms with Gasteiger partial charge in [0.05, 0.1) is 0 Å². The maximum atomic E-state index is 3.56. The van der Waals surface area contributed by atoms with Crippen LogP contribution in [0.3, 0.4) is 0 Å². The topological polar surface area (TPSA) is 0 Å². The molecule has 0 aromatic heterocycles. The fourth-order valence-electron chi connectivity index (χ4n) is 3.24. The van der Waals surface area contributed by atoms with E-state index in [2.05, 4.69) is 56.3 Å². The Hall–Kier alpha value is -1.30. The van der Waals surface area contributed by atoms with Gasteiger partial charge in [-0.05, 0) is 41.2 Å². The van der Waals surface area contributed by atoms with E-state index in [1.165, 1.54) is 80.5 Å². The van der Waals surface area contributed by atoms with Crippen LogP contribution >= 0.6 is 0 Å². The van der Waals surface area contributed by atoms with Gasteiger partial charge in [0, 0.05) is 0 Å². The van der Waals surface area contributed by atoms with Crippen LogP contribution < -0.4 is 0 Å². The van der Waals surface area contributed by atoms with E-state index < -0.39 is 0 Å². The maximum Gasteiger partial charge on any atom is -0.00643 e. The normalized spacial score (nSPS) is 11.4. The lowest BCUT2D eigenvalue weighted by Crippen LogP contribution is -1.88. The second-order valence-electron chi connectivity index (χ2n) is 7.33. The molecule has 0 saturated carbocycles. The first-order valence-electron chi connectivity index (χ1n) is 9.65. The van der Waals surface area contributed by atoms with Crippen molar-refractivity contribution in [3.8, 4) is 0 Å². The maximum absolute atomic E-state index is 3.56. The van der Waals surface area contributed by atoms with E-state index in [1.54, 1.807) is 0 Å². The lowest BCUT2D eigenvalue weighted by atomic mass is 10.0. The van der Waals surface area contributed by atoms with Gasteiger partial charge in [0.25, 0.3) is 0 Å². The summed E-state index contributed by atoms with van der Waals surface area (Å²) in [4.78, 5) is 0. The van der Waals surface area contributed by atoms with Crippen LogP contribution in [0.2, 0.25) is 0 Å². The van der Waals surface area contributed by atoms with Gasteiger partial charge >= 0.3 is 0 Å². The van der Waals surface area contributed by atoms with Crippen LogP contribution in [0.4, 0.5) is 0 Å². The quantitative estimate of drug-likeness (QED) is 0.381. The molecule has 2 aromatic carbocycles. The molecular formula is C23H33. The summed E-state index contributed by atoms with van der Waals surface area (Å²) in [6, 6.07) is 16.6. The molecule has 0 spiro atoms. The SMILES string of the molecule is CC(C)CCCCCCCCCCc1[c]c2ccccc2cc1. The minimum absolute atomic E-state index is 0.877. The number of aryl methyl sites for hydroxylation is 1. The third-order valence-electron chi connectivity index (χ3n) is 4.70. The van der Waals surface area contributed by atoms with Crippen molar-refractivity contribution in [3.63, 3.8) is 0 Å². The van der Waals surface area contributed by atoms with Crippen molar-refractivity contribution in [2.75, 3.05) is 0 Å². The highest BCUT2D eigenvalue weighted by atomic mass is 14.0. The van der Waals surface area contributed by atoms with E-state index in [9.17, 15) is 0 Å². The summed E-state index contributed by atoms with van der Waals surface area (Å²) >= 11 is 0. The van der Waals surface area contributed by atoms with Crippen molar-refractivity contribution in [3.05, 3.63) is 48.0 Å². The Morgan fingerprint density at radius 1 is 0.739 bits per heavy atom. The lowest BCUT2D eigenvalue weighted by molar-refractivity contribution is 0.507. The van der Waals surface area contributed by atoms with E-state index in [1.807, 2.05) is 0 Å². The predicted molar refractivity (Wildman–Crippen MR) is 103 cm³/mol. The number of rotatable bonds is 11. The van der Waals surface area contributed by atoms with E-state index >= 15 is 0 Å². The Morgan fingerprint density at radius 3 is 2.13 bits per heavy atom. The van der Waals surface area contributed by atoms with Crippen LogP contribution in [0.1, 0.15) is 77.2 Å². The Bertz CT molecular complexity index is 553. The summed E-state index contributed by atoms with van der Waals surface area (Å²) in [5.74, 6) is 0.877. The minimum atomic E-state index is 0.877. The molecule has 0 amide bonds. The van der Waals surface area contributed by atoms with E-state index in [-0.39, 0.29) is 0 Å². The zero-order chi connectivity index (χ0) is 16.3. The van der Waals surface area contributed by atoms with Crippen LogP contribution in [0, 0.1) is 12.0 Å². The van der Waals surface area contributed by atoms with Crippen LogP contribution in [0.15, 0.2) is 36.4 Å². The summed E-state index contributed by atoms with van der Waals surface area (Å²) in [7, 11) is 0. The molecular weight excluding hydrogens is 276 g/mol. The Labute approximate surface area is 143 Å². The van der Waals surface area contributed by atoms with Gasteiger partial charge in [0.1, 0.15) is 0 Å². The third-order valence-corrected chi connectivity index (χ3v) is 4.70. The smallest absolute Gasteiger partial charge is 0.00643 e. The number of unbranched alkanes of at least 4 members (excludes halogenated alkanes) is 7. The van der Waals surface area contributed by atoms with Gasteiger partial charge in [0.15, 0.2) is 0 Å². The minimum Gasteiger partial charge on any atom is -0.0628 e. The van der Waals surface area contributed by atoms with E-state index in [4.69, 9.17) is 0 Å². The van der Waals surface area contributed by atoms with E-state index in [0.717, 1.165) is 5.92 Å². The van der Waals surface area contributed by atoms with E-state index in [0.29, 0.717) is 0 Å². The second kappa shape index (κ2) is 10.5. The van der Waals surface area contributed by atoms with Crippen molar-refractivity contribution in [2.45, 2.75) is 78.1 Å². The molecule has 0 heteroatoms. The molecule has 0 aliphatic carbocycles. The summed E-state index contributed by atoms with van der Waals surface area (Å²) in [5.41, 5.74) is 1.37. The van der Waals surface area contributed by atoms with Gasteiger partial charge in [-0.2, -0.15) is 0 Å². The fraction of sp³-hybridized carbons (Fsp3) is 0.565. The first kappa shape index (κ1) is 18.0. The van der Waals surface area contributed by atoms with Crippen molar-refractivity contribution in [1.29, 1.82) is 0 Å². The summed E-state index contributed by atoms with van der Waals surface area (Å²) in [6.07, 6.45) is 13.8. The van der Waals surface area contributed by atoms with Crippen molar-refractivity contribution < 1.29 is 0 Å². The van der Waals surface area contributed by atoms with Gasteiger partial charge in [-0.25, -0.2) is 0 Å². The summed E-state index contributed by atoms with van der Waals surface area (Å²) in [6.45, 7) is 4.65. The zero-order valence-corrected chi connectivity index (χ0v) is 15.1. The van der Waals surface area contributed by atoms with Crippen LogP contribution in [0.25, 0.3) is 10.8 Å². The van der Waals surface area contributed by atoms with Crippen molar-refractivity contribution in [2.24, 2.45) is 5.92 Å². The monoisotopic (exact) mass is 309 g/mol. The summed E-state index contributed by atoms with van der Waals surface area (Å²) < 4.78 is 0. The molecule has 0 fully saturated rings. The molecule has 0 unspecified atom stereocenters. The molecule has 0 aliphatic heterocycles. The van der Waals surface area contributed by atoms with Gasteiger partial charge in [0.2, 0.25) is 0 Å². The number of hydrogen-bond donors (Lipinski definition) is 0. The first-order chi connectivity index (χ1) is 11.3. The molecule has 23 heavy (non-hydrogen) atoms. The number of fused-ring (bicyclic) bond motifs is 1. The molecule has 0 bridgehead atoms. The molecule has 0 atom stereocenters. The highest BCUT2D eigenvalue weighted by molar-refractivity contribution is 5.82. The van der Waals surface area contributed by atoms with Gasteiger partial charge in [-0.1, -0.05) is 102 Å². The third kappa shape index (κ3) is 7.20. The Kier molecular flexibility index (Phi) is 8.21. The molecule has 0 aliphatic rings. The molecule has 2 aromatic rings. The van der Waals surface area contributed by atoms with Gasteiger partial charge in [-0.3, -0.25) is 0 Å². The van der Waals surface area contributed by atoms with Crippen molar-refractivity contribution >= 4 is 10.8 Å². The standard InChI is InChI=1S/C23H33/c1-20(2)13-9-7-5-3-4-6-8-10-14-21-17-18-22-15-11-12-16-23(22)19-21/h11-12,15-18,20H,3-10,13-14H2,1-2H3. The number of hydrogen-bond acceptors (Lipinski definition) is 0. The van der Waals surface area contributed by atoms with Crippen LogP contribution in [0.5, 0.6) is 0 Å². The number of benzene rings is 2. The van der Waals surface area contributed by atoms with Gasteiger partial charge in [-0.15, -0.1) is 0 Å². The second-order valence-corrected chi connectivity index (χ2v) is 7.33. The first-order valence-corrected chi connectivity index (χ1v) is 9.65. The summed E-state index contributed by atoms with van der Waals surface area (Å²) in [5, 5.41) is 2.56. The average molecular weight is 310 g/mol.